The van der Waals surface area contributed by atoms with Crippen molar-refractivity contribution in [2.24, 2.45) is 0 Å². The number of aromatic nitrogens is 1. The van der Waals surface area contributed by atoms with Crippen molar-refractivity contribution < 1.29 is 33.8 Å². The number of allylic oxidation sites excluding steroid dienone is 2. The number of thiazole rings is 1. The minimum Gasteiger partial charge on any atom is -0.691 e. The van der Waals surface area contributed by atoms with E-state index in [0.717, 1.165) is 44.9 Å². The SMILES string of the molecule is CCC(=Cc1sc2ccccc2[n+]1CCC(=O)[O-])/C=C1/Oc2ccc(Cl)cc2N1CCCSOO[O-]. The average molecular weight is 548 g/mol. The molecule has 0 aliphatic carbocycles. The van der Waals surface area contributed by atoms with E-state index < -0.39 is 5.97 Å². The molecule has 4 rings (SSSR count). The number of carbonyl (C=O) groups is 1. The number of carboxylic acids is 1. The van der Waals surface area contributed by atoms with E-state index in [-0.39, 0.29) is 6.42 Å². The molecule has 36 heavy (non-hydrogen) atoms. The van der Waals surface area contributed by atoms with Gasteiger partial charge in [0.15, 0.2) is 12.3 Å². The van der Waals surface area contributed by atoms with Crippen LogP contribution in [0.15, 0.2) is 60.0 Å². The molecule has 0 N–H and O–H groups in total. The number of hydrogen-bond donors (Lipinski definition) is 0. The third kappa shape index (κ3) is 6.39. The summed E-state index contributed by atoms with van der Waals surface area (Å²) in [6, 6.07) is 13.4. The van der Waals surface area contributed by atoms with E-state index >= 15 is 0 Å². The Labute approximate surface area is 222 Å². The quantitative estimate of drug-likeness (QED) is 0.111. The van der Waals surface area contributed by atoms with Crippen molar-refractivity contribution in [3.63, 3.8) is 0 Å². The maximum atomic E-state index is 11.2. The van der Waals surface area contributed by atoms with E-state index in [1.807, 2.05) is 51.9 Å². The van der Waals surface area contributed by atoms with Gasteiger partial charge >= 0.3 is 0 Å². The zero-order valence-electron chi connectivity index (χ0n) is 19.5. The van der Waals surface area contributed by atoms with E-state index in [0.29, 0.717) is 41.9 Å². The molecule has 0 saturated heterocycles. The van der Waals surface area contributed by atoms with Crippen LogP contribution in [0.2, 0.25) is 5.02 Å². The monoisotopic (exact) mass is 547 g/mol. The Balaban J connectivity index is 1.66. The van der Waals surface area contributed by atoms with Crippen molar-refractivity contribution in [2.45, 2.75) is 32.7 Å². The molecule has 190 valence electrons. The summed E-state index contributed by atoms with van der Waals surface area (Å²) in [6.07, 6.45) is 5.43. The number of hydrogen-bond acceptors (Lipinski definition) is 9. The van der Waals surface area contributed by atoms with Crippen molar-refractivity contribution in [1.82, 2.24) is 0 Å². The van der Waals surface area contributed by atoms with Crippen LogP contribution in [0.5, 0.6) is 5.75 Å². The Bertz CT molecular complexity index is 1290. The van der Waals surface area contributed by atoms with Crippen molar-refractivity contribution in [2.75, 3.05) is 17.2 Å². The number of para-hydroxylation sites is 1. The summed E-state index contributed by atoms with van der Waals surface area (Å²) < 4.78 is 13.6. The molecule has 2 heterocycles. The predicted molar refractivity (Wildman–Crippen MR) is 137 cm³/mol. The van der Waals surface area contributed by atoms with Crippen LogP contribution >= 0.6 is 35.0 Å². The number of carboxylic acid groups (broad SMARTS) is 1. The van der Waals surface area contributed by atoms with Crippen LogP contribution in [0.4, 0.5) is 5.69 Å². The van der Waals surface area contributed by atoms with Crippen LogP contribution in [0.3, 0.4) is 0 Å². The summed E-state index contributed by atoms with van der Waals surface area (Å²) in [6.45, 7) is 2.99. The zero-order chi connectivity index (χ0) is 25.5. The molecule has 0 bridgehead atoms. The van der Waals surface area contributed by atoms with Crippen molar-refractivity contribution in [1.29, 1.82) is 0 Å². The molecule has 3 aromatic rings. The standard InChI is InChI=1S/C25H25ClN2O6S2/c1-2-17(15-24-28(12-10-25(29)30)19-6-3-4-7-22(19)36-24)14-23-27(11-5-13-35-34-33-31)20-16-18(26)8-9-21(20)32-23/h3-4,6-9,14-16H,2,5,10-13H2,1H3,(H-,29,30,31)/p-1. The van der Waals surface area contributed by atoms with Crippen LogP contribution in [0.25, 0.3) is 16.3 Å². The smallest absolute Gasteiger partial charge is 0.263 e. The van der Waals surface area contributed by atoms with Gasteiger partial charge in [-0.05, 0) is 42.7 Å². The number of halogens is 1. The summed E-state index contributed by atoms with van der Waals surface area (Å²) in [4.78, 5) is 13.2. The van der Waals surface area contributed by atoms with Gasteiger partial charge in [0.1, 0.15) is 4.70 Å². The van der Waals surface area contributed by atoms with Crippen molar-refractivity contribution in [3.8, 4) is 5.75 Å². The highest BCUT2D eigenvalue weighted by Gasteiger charge is 2.27. The fourth-order valence-electron chi connectivity index (χ4n) is 3.90. The number of ether oxygens (including phenoxy) is 1. The minimum atomic E-state index is -1.08. The molecule has 0 atom stereocenters. The third-order valence-electron chi connectivity index (χ3n) is 5.58. The lowest BCUT2D eigenvalue weighted by Crippen LogP contribution is -2.38. The topological polar surface area (TPSA) is 98.0 Å². The second kappa shape index (κ2) is 12.6. The first-order valence-electron chi connectivity index (χ1n) is 11.4. The molecule has 0 amide bonds. The number of aryl methyl sites for hydroxylation is 1. The van der Waals surface area contributed by atoms with Crippen LogP contribution < -0.4 is 24.6 Å². The molecular formula is C25H24ClN2O6S2-. The molecule has 1 aromatic heterocycles. The molecule has 1 aliphatic heterocycles. The van der Waals surface area contributed by atoms with E-state index in [1.54, 1.807) is 17.4 Å². The van der Waals surface area contributed by atoms with Gasteiger partial charge in [-0.2, -0.15) is 8.90 Å². The highest BCUT2D eigenvalue weighted by molar-refractivity contribution is 7.94. The van der Waals surface area contributed by atoms with Gasteiger partial charge in [0.2, 0.25) is 11.4 Å². The molecule has 1 aliphatic rings. The Kier molecular flexibility index (Phi) is 9.24. The first-order chi connectivity index (χ1) is 17.5. The van der Waals surface area contributed by atoms with Crippen LogP contribution in [0.1, 0.15) is 31.2 Å². The first-order valence-corrected chi connectivity index (χ1v) is 13.5. The number of nitrogens with zero attached hydrogens (tertiary/aromatic N) is 2. The van der Waals surface area contributed by atoms with Gasteiger partial charge in [-0.3, -0.25) is 5.04 Å². The van der Waals surface area contributed by atoms with Crippen LogP contribution in [-0.2, 0) is 20.7 Å². The summed E-state index contributed by atoms with van der Waals surface area (Å²) >= 11 is 8.80. The second-order valence-corrected chi connectivity index (χ2v) is 10.2. The molecule has 8 nitrogen and oxygen atoms in total. The fraction of sp³-hybridized carbons (Fsp3) is 0.280. The van der Waals surface area contributed by atoms with Crippen LogP contribution in [-0.4, -0.2) is 18.3 Å². The Hall–Kier alpha value is -2.60. The average Bonchev–Trinajstić information content (AvgIpc) is 3.38. The van der Waals surface area contributed by atoms with Gasteiger partial charge < -0.3 is 24.8 Å². The Morgan fingerprint density at radius 2 is 2.14 bits per heavy atom. The number of anilines is 1. The molecular weight excluding hydrogens is 524 g/mol. The van der Waals surface area contributed by atoms with Crippen LogP contribution in [0, 0.1) is 0 Å². The zero-order valence-corrected chi connectivity index (χ0v) is 21.9. The van der Waals surface area contributed by atoms with E-state index in [1.165, 1.54) is 0 Å². The third-order valence-corrected chi connectivity index (χ3v) is 7.53. The predicted octanol–water partition coefficient (Wildman–Crippen LogP) is 3.78. The summed E-state index contributed by atoms with van der Waals surface area (Å²) in [5.41, 5.74) is 2.86. The number of fused-ring (bicyclic) bond motifs is 2. The molecule has 0 fully saturated rings. The lowest BCUT2D eigenvalue weighted by Gasteiger charge is -2.18. The molecule has 0 unspecified atom stereocenters. The highest BCUT2D eigenvalue weighted by Crippen LogP contribution is 2.41. The van der Waals surface area contributed by atoms with Gasteiger partial charge in [-0.25, -0.2) is 0 Å². The maximum absolute atomic E-state index is 11.2. The van der Waals surface area contributed by atoms with Gasteiger partial charge in [0.05, 0.1) is 5.69 Å². The minimum absolute atomic E-state index is 0.0686. The number of aliphatic carboxylic acids is 1. The van der Waals surface area contributed by atoms with E-state index in [9.17, 15) is 15.2 Å². The Morgan fingerprint density at radius 3 is 2.92 bits per heavy atom. The Morgan fingerprint density at radius 1 is 1.31 bits per heavy atom. The fourth-order valence-corrected chi connectivity index (χ4v) is 5.59. The van der Waals surface area contributed by atoms with E-state index in [2.05, 4.69) is 22.4 Å². The largest absolute Gasteiger partial charge is 0.691 e. The van der Waals surface area contributed by atoms with Crippen molar-refractivity contribution >= 4 is 62.9 Å². The maximum Gasteiger partial charge on any atom is 0.263 e. The number of carbonyl (C=O) groups excluding carboxylic acids is 1. The molecule has 2 aromatic carbocycles. The number of benzene rings is 2. The van der Waals surface area contributed by atoms with Gasteiger partial charge in [-0.15, -0.1) is 0 Å². The molecule has 0 radical (unpaired) electrons. The lowest BCUT2D eigenvalue weighted by molar-refractivity contribution is -0.777. The summed E-state index contributed by atoms with van der Waals surface area (Å²) in [7, 11) is 0. The molecule has 0 spiro atoms. The van der Waals surface area contributed by atoms with Gasteiger partial charge in [0, 0.05) is 60.0 Å². The lowest BCUT2D eigenvalue weighted by atomic mass is 10.2. The van der Waals surface area contributed by atoms with E-state index in [4.69, 9.17) is 16.3 Å². The summed E-state index contributed by atoms with van der Waals surface area (Å²) in [5, 5.41) is 26.1. The first kappa shape index (κ1) is 26.5. The normalized spacial score (nSPS) is 14.5. The molecule has 11 heteroatoms. The molecule has 0 saturated carbocycles. The number of rotatable bonds is 12. The van der Waals surface area contributed by atoms with Gasteiger partial charge in [-0.1, -0.05) is 42.0 Å². The summed E-state index contributed by atoms with van der Waals surface area (Å²) in [5.74, 6) is 0.841. The second-order valence-electron chi connectivity index (χ2n) is 7.91. The van der Waals surface area contributed by atoms with Crippen molar-refractivity contribution in [3.05, 3.63) is 70.0 Å². The highest BCUT2D eigenvalue weighted by atomic mass is 35.5. The van der Waals surface area contributed by atoms with Gasteiger partial charge in [0.25, 0.3) is 5.01 Å².